The Morgan fingerprint density at radius 1 is 1.56 bits per heavy atom. The number of carboxylic acids is 1. The minimum atomic E-state index is -3.66. The highest BCUT2D eigenvalue weighted by atomic mass is 35.5. The quantitative estimate of drug-likeness (QED) is 0.898. The second-order valence-electron chi connectivity index (χ2n) is 3.25. The van der Waals surface area contributed by atoms with Gasteiger partial charge in [-0.3, -0.25) is 4.79 Å². The summed E-state index contributed by atoms with van der Waals surface area (Å²) in [6, 6.07) is 3.19. The molecule has 1 unspecified atom stereocenters. The van der Waals surface area contributed by atoms with Crippen LogP contribution >= 0.6 is 22.9 Å². The summed E-state index contributed by atoms with van der Waals surface area (Å²) >= 11 is 6.82. The lowest BCUT2D eigenvalue weighted by molar-refractivity contribution is -0.136. The second kappa shape index (κ2) is 5.16. The van der Waals surface area contributed by atoms with E-state index < -0.39 is 21.1 Å². The third kappa shape index (κ3) is 3.20. The molecule has 4 nitrogen and oxygen atoms in total. The van der Waals surface area contributed by atoms with E-state index in [0.29, 0.717) is 9.21 Å². The monoisotopic (exact) mass is 282 g/mol. The maximum atomic E-state index is 11.8. The predicted molar refractivity (Wildman–Crippen MR) is 63.7 cm³/mol. The van der Waals surface area contributed by atoms with Crippen molar-refractivity contribution in [3.8, 4) is 0 Å². The Labute approximate surface area is 103 Å². The summed E-state index contributed by atoms with van der Waals surface area (Å²) in [5, 5.41) is 7.45. The SMILES string of the molecule is CCC(C(=O)O)S(=O)(=O)Cc1ccc(Cl)s1. The van der Waals surface area contributed by atoms with E-state index in [4.69, 9.17) is 16.7 Å². The predicted octanol–water partition coefficient (Wildman–Crippen LogP) is 2.18. The molecule has 0 fully saturated rings. The zero-order valence-corrected chi connectivity index (χ0v) is 10.9. The largest absolute Gasteiger partial charge is 0.480 e. The van der Waals surface area contributed by atoms with E-state index in [1.54, 1.807) is 12.1 Å². The molecule has 1 atom stereocenters. The lowest BCUT2D eigenvalue weighted by Crippen LogP contribution is -2.30. The van der Waals surface area contributed by atoms with E-state index in [1.807, 2.05) is 0 Å². The molecule has 1 N–H and O–H groups in total. The van der Waals surface area contributed by atoms with Crippen LogP contribution in [0.3, 0.4) is 0 Å². The van der Waals surface area contributed by atoms with Gasteiger partial charge in [0.1, 0.15) is 0 Å². The van der Waals surface area contributed by atoms with Crippen molar-refractivity contribution in [3.63, 3.8) is 0 Å². The van der Waals surface area contributed by atoms with Crippen LogP contribution in [0, 0.1) is 0 Å². The van der Waals surface area contributed by atoms with Crippen molar-refractivity contribution in [2.75, 3.05) is 0 Å². The number of carbonyl (C=O) groups is 1. The van der Waals surface area contributed by atoms with Crippen molar-refractivity contribution in [1.29, 1.82) is 0 Å². The van der Waals surface area contributed by atoms with E-state index >= 15 is 0 Å². The lowest BCUT2D eigenvalue weighted by atomic mass is 10.3. The average Bonchev–Trinajstić information content (AvgIpc) is 2.49. The van der Waals surface area contributed by atoms with Gasteiger partial charge in [0.25, 0.3) is 0 Å². The fourth-order valence-corrected chi connectivity index (χ4v) is 4.43. The number of hydrogen-bond donors (Lipinski definition) is 1. The molecule has 1 rings (SSSR count). The van der Waals surface area contributed by atoms with Gasteiger partial charge in [0, 0.05) is 4.88 Å². The molecule has 1 heterocycles. The van der Waals surface area contributed by atoms with Crippen LogP contribution in [0.4, 0.5) is 0 Å². The van der Waals surface area contributed by atoms with Gasteiger partial charge in [0.2, 0.25) is 0 Å². The van der Waals surface area contributed by atoms with Gasteiger partial charge in [0.15, 0.2) is 15.1 Å². The van der Waals surface area contributed by atoms with Crippen LogP contribution in [-0.4, -0.2) is 24.7 Å². The van der Waals surface area contributed by atoms with Crippen LogP contribution in [0.5, 0.6) is 0 Å². The number of rotatable bonds is 5. The second-order valence-corrected chi connectivity index (χ2v) is 7.23. The van der Waals surface area contributed by atoms with Gasteiger partial charge in [-0.2, -0.15) is 0 Å². The van der Waals surface area contributed by atoms with Gasteiger partial charge >= 0.3 is 5.97 Å². The van der Waals surface area contributed by atoms with Crippen molar-refractivity contribution in [2.45, 2.75) is 24.3 Å². The molecule has 0 aliphatic carbocycles. The Kier molecular flexibility index (Phi) is 4.35. The maximum absolute atomic E-state index is 11.8. The number of hydrogen-bond acceptors (Lipinski definition) is 4. The van der Waals surface area contributed by atoms with Gasteiger partial charge in [-0.15, -0.1) is 11.3 Å². The summed E-state index contributed by atoms with van der Waals surface area (Å²) < 4.78 is 24.0. The Bertz CT molecular complexity index is 477. The van der Waals surface area contributed by atoms with Crippen molar-refractivity contribution in [1.82, 2.24) is 0 Å². The molecule has 0 radical (unpaired) electrons. The topological polar surface area (TPSA) is 71.4 Å². The maximum Gasteiger partial charge on any atom is 0.321 e. The Morgan fingerprint density at radius 3 is 2.56 bits per heavy atom. The first-order chi connectivity index (χ1) is 7.36. The fourth-order valence-electron chi connectivity index (χ4n) is 1.31. The van der Waals surface area contributed by atoms with Crippen LogP contribution in [0.25, 0.3) is 0 Å². The molecule has 90 valence electrons. The van der Waals surface area contributed by atoms with Crippen molar-refractivity contribution >= 4 is 38.7 Å². The highest BCUT2D eigenvalue weighted by Crippen LogP contribution is 2.24. The van der Waals surface area contributed by atoms with Crippen LogP contribution in [0.15, 0.2) is 12.1 Å². The Morgan fingerprint density at radius 2 is 2.19 bits per heavy atom. The summed E-state index contributed by atoms with van der Waals surface area (Å²) in [6.45, 7) is 1.54. The third-order valence-electron chi connectivity index (χ3n) is 2.05. The van der Waals surface area contributed by atoms with Gasteiger partial charge in [-0.25, -0.2) is 8.42 Å². The molecule has 1 aromatic rings. The van der Waals surface area contributed by atoms with E-state index in [9.17, 15) is 13.2 Å². The summed E-state index contributed by atoms with van der Waals surface area (Å²) in [5.41, 5.74) is 0. The minimum absolute atomic E-state index is 0.0662. The number of sulfone groups is 1. The van der Waals surface area contributed by atoms with Crippen LogP contribution in [0.1, 0.15) is 18.2 Å². The molecule has 7 heteroatoms. The standard InChI is InChI=1S/C9H11ClO4S2/c1-2-7(9(11)12)16(13,14)5-6-3-4-8(10)15-6/h3-4,7H,2,5H2,1H3,(H,11,12). The van der Waals surface area contributed by atoms with Crippen LogP contribution < -0.4 is 0 Å². The zero-order chi connectivity index (χ0) is 12.3. The van der Waals surface area contributed by atoms with Gasteiger partial charge in [-0.05, 0) is 18.6 Å². The van der Waals surface area contributed by atoms with E-state index in [2.05, 4.69) is 0 Å². The number of aliphatic carboxylic acids is 1. The summed E-state index contributed by atoms with van der Waals surface area (Å²) in [7, 11) is -3.66. The molecule has 0 aliphatic rings. The molecular formula is C9H11ClO4S2. The normalized spacial score (nSPS) is 13.6. The van der Waals surface area contributed by atoms with Gasteiger partial charge < -0.3 is 5.11 Å². The number of thiophene rings is 1. The molecule has 0 saturated carbocycles. The molecule has 0 spiro atoms. The van der Waals surface area contributed by atoms with E-state index in [1.165, 1.54) is 6.92 Å². The molecule has 16 heavy (non-hydrogen) atoms. The molecule has 0 aliphatic heterocycles. The van der Waals surface area contributed by atoms with Crippen molar-refractivity contribution in [3.05, 3.63) is 21.3 Å². The molecule has 0 bridgehead atoms. The highest BCUT2D eigenvalue weighted by molar-refractivity contribution is 7.92. The van der Waals surface area contributed by atoms with Gasteiger partial charge in [-0.1, -0.05) is 18.5 Å². The first-order valence-corrected chi connectivity index (χ1v) is 7.46. The van der Waals surface area contributed by atoms with E-state index in [-0.39, 0.29) is 12.2 Å². The van der Waals surface area contributed by atoms with E-state index in [0.717, 1.165) is 11.3 Å². The van der Waals surface area contributed by atoms with Crippen molar-refractivity contribution < 1.29 is 18.3 Å². The summed E-state index contributed by atoms with van der Waals surface area (Å²) in [5.74, 6) is -1.57. The summed E-state index contributed by atoms with van der Waals surface area (Å²) in [6.07, 6.45) is 0.0662. The smallest absolute Gasteiger partial charge is 0.321 e. The Hall–Kier alpha value is -0.590. The molecule has 1 aromatic heterocycles. The Balaban J connectivity index is 2.90. The van der Waals surface area contributed by atoms with Crippen LogP contribution in [0.2, 0.25) is 4.34 Å². The molecule has 0 saturated heterocycles. The number of carboxylic acid groups (broad SMARTS) is 1. The van der Waals surface area contributed by atoms with Crippen LogP contribution in [-0.2, 0) is 20.4 Å². The van der Waals surface area contributed by atoms with Gasteiger partial charge in [0.05, 0.1) is 10.1 Å². The van der Waals surface area contributed by atoms with Crippen molar-refractivity contribution in [2.24, 2.45) is 0 Å². The summed E-state index contributed by atoms with van der Waals surface area (Å²) in [4.78, 5) is 11.3. The first kappa shape index (κ1) is 13.5. The third-order valence-corrected chi connectivity index (χ3v) is 5.58. The molecular weight excluding hydrogens is 272 g/mol. The number of halogens is 1. The average molecular weight is 283 g/mol. The first-order valence-electron chi connectivity index (χ1n) is 4.55. The highest BCUT2D eigenvalue weighted by Gasteiger charge is 2.31. The molecule has 0 amide bonds. The lowest BCUT2D eigenvalue weighted by Gasteiger charge is -2.09. The molecule has 0 aromatic carbocycles. The minimum Gasteiger partial charge on any atom is -0.480 e. The zero-order valence-electron chi connectivity index (χ0n) is 8.51. The fraction of sp³-hybridized carbons (Fsp3) is 0.444.